The van der Waals surface area contributed by atoms with Crippen molar-refractivity contribution in [1.82, 2.24) is 29.1 Å². The summed E-state index contributed by atoms with van der Waals surface area (Å²) in [6.45, 7) is 6.46. The molecule has 4 aromatic rings. The molecule has 0 bridgehead atoms. The molecule has 0 radical (unpaired) electrons. The van der Waals surface area contributed by atoms with Gasteiger partial charge in [-0.2, -0.15) is 13.2 Å². The Morgan fingerprint density at radius 1 is 1.09 bits per heavy atom. The van der Waals surface area contributed by atoms with E-state index in [1.807, 2.05) is 23.6 Å². The number of alkyl halides is 3. The molecule has 0 aliphatic rings. The number of ether oxygens (including phenoxy) is 1. The lowest BCUT2D eigenvalue weighted by molar-refractivity contribution is -0.140. The molecule has 11 heteroatoms. The molecule has 0 aliphatic heterocycles. The molecule has 4 rings (SSSR count). The summed E-state index contributed by atoms with van der Waals surface area (Å²) in [6.07, 6.45) is -0.113. The number of methoxy groups -OCH3 is 1. The van der Waals surface area contributed by atoms with E-state index in [-0.39, 0.29) is 11.9 Å². The van der Waals surface area contributed by atoms with Crippen molar-refractivity contribution < 1.29 is 17.9 Å². The van der Waals surface area contributed by atoms with Crippen molar-refractivity contribution in [3.63, 3.8) is 0 Å². The number of benzene rings is 1. The number of hydrogen-bond acceptors (Lipinski definition) is 6. The van der Waals surface area contributed by atoms with Crippen LogP contribution < -0.4 is 10.1 Å². The van der Waals surface area contributed by atoms with Crippen LogP contribution in [0.4, 0.5) is 19.0 Å². The third-order valence-corrected chi connectivity index (χ3v) is 5.56. The van der Waals surface area contributed by atoms with Crippen LogP contribution in [-0.4, -0.2) is 36.2 Å². The zero-order valence-corrected chi connectivity index (χ0v) is 20.1. The van der Waals surface area contributed by atoms with Crippen LogP contribution in [0, 0.1) is 6.92 Å². The zero-order valence-electron chi connectivity index (χ0n) is 20.1. The first-order valence-electron chi connectivity index (χ1n) is 11.0. The Bertz CT molecular complexity index is 1320. The van der Waals surface area contributed by atoms with Gasteiger partial charge in [0, 0.05) is 31.4 Å². The number of aryl methyl sites for hydroxylation is 2. The van der Waals surface area contributed by atoms with E-state index in [4.69, 9.17) is 4.74 Å². The molecule has 1 aromatic carbocycles. The van der Waals surface area contributed by atoms with Crippen LogP contribution in [0.5, 0.6) is 5.75 Å². The van der Waals surface area contributed by atoms with Crippen LogP contribution in [-0.2, 0) is 19.8 Å². The van der Waals surface area contributed by atoms with Crippen LogP contribution in [0.3, 0.4) is 0 Å². The SMILES string of the molecule is COc1cnc(-c2c(C)ncn2C(C)C)nc1NCc1ccc(-c2nc(C(F)(F)F)cn2C)cc1. The fraction of sp³-hybridized carbons (Fsp3) is 0.333. The lowest BCUT2D eigenvalue weighted by atomic mass is 10.1. The van der Waals surface area contributed by atoms with Gasteiger partial charge in [-0.3, -0.25) is 0 Å². The number of hydrogen-bond donors (Lipinski definition) is 1. The highest BCUT2D eigenvalue weighted by atomic mass is 19.4. The summed E-state index contributed by atoms with van der Waals surface area (Å²) in [6, 6.07) is 7.34. The van der Waals surface area contributed by atoms with Crippen LogP contribution in [0.25, 0.3) is 22.9 Å². The molecule has 184 valence electrons. The first kappa shape index (κ1) is 24.2. The van der Waals surface area contributed by atoms with Gasteiger partial charge in [0.15, 0.2) is 23.1 Å². The van der Waals surface area contributed by atoms with E-state index in [9.17, 15) is 13.2 Å². The summed E-state index contributed by atoms with van der Waals surface area (Å²) in [4.78, 5) is 17.3. The van der Waals surface area contributed by atoms with Crippen molar-refractivity contribution in [1.29, 1.82) is 0 Å². The average Bonchev–Trinajstić information content (AvgIpc) is 3.40. The van der Waals surface area contributed by atoms with E-state index in [0.717, 1.165) is 23.1 Å². The normalized spacial score (nSPS) is 11.8. The Balaban J connectivity index is 1.55. The second-order valence-corrected chi connectivity index (χ2v) is 8.40. The molecular weight excluding hydrogens is 459 g/mol. The Hall–Kier alpha value is -3.89. The molecular formula is C24H26F3N7O. The van der Waals surface area contributed by atoms with Crippen molar-refractivity contribution in [3.8, 4) is 28.7 Å². The van der Waals surface area contributed by atoms with Crippen molar-refractivity contribution in [2.75, 3.05) is 12.4 Å². The van der Waals surface area contributed by atoms with E-state index in [1.54, 1.807) is 38.8 Å². The summed E-state index contributed by atoms with van der Waals surface area (Å²) in [7, 11) is 3.09. The average molecular weight is 486 g/mol. The van der Waals surface area contributed by atoms with Gasteiger partial charge in [-0.1, -0.05) is 24.3 Å². The summed E-state index contributed by atoms with van der Waals surface area (Å²) < 4.78 is 47.7. The van der Waals surface area contributed by atoms with Gasteiger partial charge >= 0.3 is 6.18 Å². The number of aromatic nitrogens is 6. The molecule has 0 aliphatic carbocycles. The summed E-state index contributed by atoms with van der Waals surface area (Å²) in [5.41, 5.74) is 2.24. The highest BCUT2D eigenvalue weighted by Gasteiger charge is 2.34. The molecule has 35 heavy (non-hydrogen) atoms. The zero-order chi connectivity index (χ0) is 25.3. The Kier molecular flexibility index (Phi) is 6.51. The molecule has 8 nitrogen and oxygen atoms in total. The second kappa shape index (κ2) is 9.40. The minimum atomic E-state index is -4.49. The molecule has 3 aromatic heterocycles. The van der Waals surface area contributed by atoms with Gasteiger partial charge in [0.25, 0.3) is 0 Å². The van der Waals surface area contributed by atoms with E-state index >= 15 is 0 Å². The molecule has 0 unspecified atom stereocenters. The molecule has 0 atom stereocenters. The standard InChI is InChI=1S/C24H26F3N7O/c1-14(2)34-13-30-15(3)20(34)22-29-11-18(35-5)21(32-22)28-10-16-6-8-17(9-7-16)23-31-19(12-33(23)4)24(25,26)27/h6-9,11-14H,10H2,1-5H3,(H,28,29,32). The van der Waals surface area contributed by atoms with Crippen molar-refractivity contribution >= 4 is 5.82 Å². The molecule has 3 heterocycles. The predicted molar refractivity (Wildman–Crippen MR) is 126 cm³/mol. The Morgan fingerprint density at radius 2 is 1.80 bits per heavy atom. The largest absolute Gasteiger partial charge is 0.491 e. The fourth-order valence-corrected chi connectivity index (χ4v) is 3.71. The minimum absolute atomic E-state index is 0.192. The van der Waals surface area contributed by atoms with Crippen LogP contribution in [0.1, 0.15) is 36.8 Å². The molecule has 0 fully saturated rings. The third-order valence-electron chi connectivity index (χ3n) is 5.56. The van der Waals surface area contributed by atoms with Crippen molar-refractivity contribution in [2.24, 2.45) is 7.05 Å². The monoisotopic (exact) mass is 485 g/mol. The molecule has 0 amide bonds. The van der Waals surface area contributed by atoms with Crippen LogP contribution >= 0.6 is 0 Å². The summed E-state index contributed by atoms with van der Waals surface area (Å²) in [5, 5.41) is 3.27. The predicted octanol–water partition coefficient (Wildman–Crippen LogP) is 5.27. The van der Waals surface area contributed by atoms with Crippen molar-refractivity contribution in [2.45, 2.75) is 39.5 Å². The van der Waals surface area contributed by atoms with Gasteiger partial charge in [0.05, 0.1) is 25.3 Å². The molecule has 1 N–H and O–H groups in total. The molecule has 0 saturated carbocycles. The fourth-order valence-electron chi connectivity index (χ4n) is 3.71. The topological polar surface area (TPSA) is 82.7 Å². The highest BCUT2D eigenvalue weighted by molar-refractivity contribution is 5.60. The van der Waals surface area contributed by atoms with Gasteiger partial charge < -0.3 is 19.2 Å². The number of rotatable bonds is 7. The van der Waals surface area contributed by atoms with Crippen molar-refractivity contribution in [3.05, 3.63) is 59.9 Å². The summed E-state index contributed by atoms with van der Waals surface area (Å²) in [5.74, 6) is 1.79. The third kappa shape index (κ3) is 4.98. The summed E-state index contributed by atoms with van der Waals surface area (Å²) >= 11 is 0. The van der Waals surface area contributed by atoms with E-state index in [2.05, 4.69) is 39.1 Å². The van der Waals surface area contributed by atoms with Crippen LogP contribution in [0.2, 0.25) is 0 Å². The van der Waals surface area contributed by atoms with E-state index < -0.39 is 11.9 Å². The lowest BCUT2D eigenvalue weighted by Gasteiger charge is -2.14. The number of halogens is 3. The van der Waals surface area contributed by atoms with Gasteiger partial charge in [-0.05, 0) is 26.3 Å². The van der Waals surface area contributed by atoms with Gasteiger partial charge in [-0.15, -0.1) is 0 Å². The number of nitrogens with zero attached hydrogens (tertiary/aromatic N) is 6. The maximum Gasteiger partial charge on any atom is 0.434 e. The molecule has 0 spiro atoms. The number of nitrogens with one attached hydrogen (secondary N) is 1. The van der Waals surface area contributed by atoms with Gasteiger partial charge in [-0.25, -0.2) is 19.9 Å². The highest BCUT2D eigenvalue weighted by Crippen LogP contribution is 2.31. The molecule has 0 saturated heterocycles. The van der Waals surface area contributed by atoms with Crippen LogP contribution in [0.15, 0.2) is 43.0 Å². The minimum Gasteiger partial charge on any atom is -0.491 e. The number of imidazole rings is 2. The maximum atomic E-state index is 13.0. The van der Waals surface area contributed by atoms with Gasteiger partial charge in [0.2, 0.25) is 0 Å². The second-order valence-electron chi connectivity index (χ2n) is 8.40. The maximum absolute atomic E-state index is 13.0. The Morgan fingerprint density at radius 3 is 2.40 bits per heavy atom. The lowest BCUT2D eigenvalue weighted by Crippen LogP contribution is -2.08. The van der Waals surface area contributed by atoms with E-state index in [0.29, 0.717) is 29.5 Å². The quantitative estimate of drug-likeness (QED) is 0.384. The smallest absolute Gasteiger partial charge is 0.434 e. The van der Waals surface area contributed by atoms with Gasteiger partial charge in [0.1, 0.15) is 11.5 Å². The first-order valence-corrected chi connectivity index (χ1v) is 11.0. The number of anilines is 1. The first-order chi connectivity index (χ1) is 16.6. The van der Waals surface area contributed by atoms with E-state index in [1.165, 1.54) is 4.57 Å². The Labute approximate surface area is 200 Å².